The van der Waals surface area contributed by atoms with Crippen molar-refractivity contribution in [3.63, 3.8) is 0 Å². The van der Waals surface area contributed by atoms with Crippen LogP contribution in [0.2, 0.25) is 5.02 Å². The molecule has 0 N–H and O–H groups in total. The first-order valence-electron chi connectivity index (χ1n) is 4.90. The Morgan fingerprint density at radius 1 is 1.12 bits per heavy atom. The van der Waals surface area contributed by atoms with Crippen LogP contribution in [0.5, 0.6) is 0 Å². The van der Waals surface area contributed by atoms with Crippen LogP contribution in [0.1, 0.15) is 0 Å². The smallest absolute Gasteiger partial charge is 0.177 e. The molecule has 6 heteroatoms. The van der Waals surface area contributed by atoms with E-state index in [2.05, 4.69) is 15.2 Å². The molecule has 3 aromatic rings. The van der Waals surface area contributed by atoms with Crippen LogP contribution in [0.3, 0.4) is 0 Å². The summed E-state index contributed by atoms with van der Waals surface area (Å²) in [7, 11) is 0. The zero-order valence-corrected chi connectivity index (χ0v) is 10.2. The minimum Gasteiger partial charge on any atom is -0.271 e. The predicted octanol–water partition coefficient (Wildman–Crippen LogP) is 2.93. The van der Waals surface area contributed by atoms with Gasteiger partial charge >= 0.3 is 0 Å². The van der Waals surface area contributed by atoms with Gasteiger partial charge in [0.15, 0.2) is 5.65 Å². The van der Waals surface area contributed by atoms with Gasteiger partial charge in [0, 0.05) is 11.1 Å². The fourth-order valence-electron chi connectivity index (χ4n) is 1.45. The third-order valence-corrected chi connectivity index (χ3v) is 3.76. The van der Waals surface area contributed by atoms with Crippen LogP contribution < -0.4 is 0 Å². The number of rotatable bonds is 2. The third kappa shape index (κ3) is 1.99. The van der Waals surface area contributed by atoms with E-state index >= 15 is 0 Å². The van der Waals surface area contributed by atoms with Crippen LogP contribution in [0, 0.1) is 0 Å². The summed E-state index contributed by atoms with van der Waals surface area (Å²) in [5.74, 6) is 0. The quantitative estimate of drug-likeness (QED) is 0.712. The fourth-order valence-corrected chi connectivity index (χ4v) is 2.60. The standard InChI is InChI=1S/C11H7ClN4S/c12-8-3-1-2-4-9(8)17-10-5-13-6-16-7-14-15-11(10)16/h1-7H. The fraction of sp³-hybridized carbons (Fsp3) is 0. The Bertz CT molecular complexity index is 667. The van der Waals surface area contributed by atoms with E-state index in [0.29, 0.717) is 0 Å². The molecule has 0 saturated carbocycles. The first-order valence-corrected chi connectivity index (χ1v) is 6.10. The first kappa shape index (κ1) is 10.6. The Kier molecular flexibility index (Phi) is 2.70. The van der Waals surface area contributed by atoms with Gasteiger partial charge in [0.05, 0.1) is 9.92 Å². The molecule has 0 radical (unpaired) electrons. The summed E-state index contributed by atoms with van der Waals surface area (Å²) in [5, 5.41) is 8.63. The van der Waals surface area contributed by atoms with Crippen LogP contribution >= 0.6 is 23.4 Å². The molecule has 2 heterocycles. The molecule has 0 atom stereocenters. The topological polar surface area (TPSA) is 43.1 Å². The van der Waals surface area contributed by atoms with E-state index in [1.54, 1.807) is 23.3 Å². The lowest BCUT2D eigenvalue weighted by atomic mass is 10.4. The minimum absolute atomic E-state index is 0.721. The lowest BCUT2D eigenvalue weighted by Gasteiger charge is -2.03. The average Bonchev–Trinajstić information content (AvgIpc) is 2.81. The summed E-state index contributed by atoms with van der Waals surface area (Å²) in [5.41, 5.74) is 0.782. The molecule has 0 saturated heterocycles. The molecule has 0 fully saturated rings. The summed E-state index contributed by atoms with van der Waals surface area (Å²) in [6.07, 6.45) is 5.06. The molecule has 2 aromatic heterocycles. The SMILES string of the molecule is Clc1ccccc1Sc1cncn2cnnc12. The highest BCUT2D eigenvalue weighted by Crippen LogP contribution is 2.34. The molecule has 0 aliphatic heterocycles. The average molecular weight is 263 g/mol. The minimum atomic E-state index is 0.721. The molecule has 3 rings (SSSR count). The maximum atomic E-state index is 6.12. The number of hydrogen-bond acceptors (Lipinski definition) is 4. The van der Waals surface area contributed by atoms with E-state index in [1.165, 1.54) is 11.8 Å². The van der Waals surface area contributed by atoms with Crippen LogP contribution in [0.25, 0.3) is 5.65 Å². The van der Waals surface area contributed by atoms with Crippen LogP contribution in [-0.4, -0.2) is 19.6 Å². The molecule has 0 spiro atoms. The molecule has 84 valence electrons. The highest BCUT2D eigenvalue weighted by atomic mass is 35.5. The number of aromatic nitrogens is 4. The largest absolute Gasteiger partial charge is 0.271 e. The van der Waals surface area contributed by atoms with E-state index in [-0.39, 0.29) is 0 Å². The summed E-state index contributed by atoms with van der Waals surface area (Å²) >= 11 is 7.65. The number of halogens is 1. The highest BCUT2D eigenvalue weighted by molar-refractivity contribution is 7.99. The number of hydrogen-bond donors (Lipinski definition) is 0. The Balaban J connectivity index is 2.06. The van der Waals surface area contributed by atoms with Crippen molar-refractivity contribution >= 4 is 29.0 Å². The van der Waals surface area contributed by atoms with Gasteiger partial charge in [-0.3, -0.25) is 4.40 Å². The highest BCUT2D eigenvalue weighted by Gasteiger charge is 2.07. The summed E-state index contributed by atoms with van der Waals surface area (Å²) in [6, 6.07) is 7.68. The molecular formula is C11H7ClN4S. The van der Waals surface area contributed by atoms with Crippen LogP contribution in [0.4, 0.5) is 0 Å². The summed E-state index contributed by atoms with van der Waals surface area (Å²) < 4.78 is 1.78. The van der Waals surface area contributed by atoms with Gasteiger partial charge in [-0.25, -0.2) is 4.98 Å². The van der Waals surface area contributed by atoms with Crippen molar-refractivity contribution in [1.29, 1.82) is 0 Å². The summed E-state index contributed by atoms with van der Waals surface area (Å²) in [6.45, 7) is 0. The second-order valence-corrected chi connectivity index (χ2v) is 4.84. The number of benzene rings is 1. The van der Waals surface area contributed by atoms with Crippen molar-refractivity contribution in [2.45, 2.75) is 9.79 Å². The van der Waals surface area contributed by atoms with Gasteiger partial charge in [-0.15, -0.1) is 10.2 Å². The first-order chi connectivity index (χ1) is 8.34. The third-order valence-electron chi connectivity index (χ3n) is 2.23. The van der Waals surface area contributed by atoms with Crippen molar-refractivity contribution in [2.75, 3.05) is 0 Å². The Labute approximate surface area is 107 Å². The zero-order chi connectivity index (χ0) is 11.7. The molecule has 0 unspecified atom stereocenters. The van der Waals surface area contributed by atoms with E-state index < -0.39 is 0 Å². The van der Waals surface area contributed by atoms with Crippen molar-refractivity contribution in [3.05, 3.63) is 48.1 Å². The maximum Gasteiger partial charge on any atom is 0.177 e. The Morgan fingerprint density at radius 2 is 2.00 bits per heavy atom. The van der Waals surface area contributed by atoms with Crippen molar-refractivity contribution in [1.82, 2.24) is 19.6 Å². The zero-order valence-electron chi connectivity index (χ0n) is 8.62. The molecule has 0 aliphatic rings. The van der Waals surface area contributed by atoms with E-state index in [4.69, 9.17) is 11.6 Å². The second kappa shape index (κ2) is 4.35. The van der Waals surface area contributed by atoms with Crippen LogP contribution in [-0.2, 0) is 0 Å². The van der Waals surface area contributed by atoms with E-state index in [9.17, 15) is 0 Å². The number of fused-ring (bicyclic) bond motifs is 1. The maximum absolute atomic E-state index is 6.12. The van der Waals surface area contributed by atoms with Gasteiger partial charge < -0.3 is 0 Å². The van der Waals surface area contributed by atoms with Gasteiger partial charge in [-0.1, -0.05) is 35.5 Å². The molecule has 4 nitrogen and oxygen atoms in total. The van der Waals surface area contributed by atoms with E-state index in [1.807, 2.05) is 24.3 Å². The van der Waals surface area contributed by atoms with Crippen molar-refractivity contribution in [2.24, 2.45) is 0 Å². The van der Waals surface area contributed by atoms with Crippen LogP contribution in [0.15, 0.2) is 52.9 Å². The number of nitrogens with zero attached hydrogens (tertiary/aromatic N) is 4. The second-order valence-electron chi connectivity index (χ2n) is 3.35. The molecule has 1 aromatic carbocycles. The molecule has 0 aliphatic carbocycles. The summed E-state index contributed by atoms with van der Waals surface area (Å²) in [4.78, 5) is 6.04. The van der Waals surface area contributed by atoms with Crippen molar-refractivity contribution in [3.8, 4) is 0 Å². The lowest BCUT2D eigenvalue weighted by molar-refractivity contribution is 1.04. The molecule has 17 heavy (non-hydrogen) atoms. The lowest BCUT2D eigenvalue weighted by Crippen LogP contribution is -1.88. The molecular weight excluding hydrogens is 256 g/mol. The van der Waals surface area contributed by atoms with Gasteiger partial charge in [0.2, 0.25) is 0 Å². The molecule has 0 bridgehead atoms. The van der Waals surface area contributed by atoms with Gasteiger partial charge in [-0.2, -0.15) is 0 Å². The monoisotopic (exact) mass is 262 g/mol. The van der Waals surface area contributed by atoms with Gasteiger partial charge in [0.25, 0.3) is 0 Å². The normalized spacial score (nSPS) is 10.9. The Morgan fingerprint density at radius 3 is 2.88 bits per heavy atom. The molecule has 0 amide bonds. The Hall–Kier alpha value is -1.59. The predicted molar refractivity (Wildman–Crippen MR) is 66.4 cm³/mol. The van der Waals surface area contributed by atoms with Crippen molar-refractivity contribution < 1.29 is 0 Å². The van der Waals surface area contributed by atoms with E-state index in [0.717, 1.165) is 20.5 Å². The van der Waals surface area contributed by atoms with Gasteiger partial charge in [0.1, 0.15) is 12.7 Å². The van der Waals surface area contributed by atoms with Gasteiger partial charge in [-0.05, 0) is 12.1 Å².